The van der Waals surface area contributed by atoms with Crippen molar-refractivity contribution in [3.05, 3.63) is 41.6 Å². The summed E-state index contributed by atoms with van der Waals surface area (Å²) in [4.78, 5) is 10.8. The lowest BCUT2D eigenvalue weighted by atomic mass is 9.95. The lowest BCUT2D eigenvalue weighted by molar-refractivity contribution is 0.0693. The van der Waals surface area contributed by atoms with Gasteiger partial charge in [0.15, 0.2) is 0 Å². The Morgan fingerprint density at radius 1 is 1.42 bits per heavy atom. The van der Waals surface area contributed by atoms with Crippen molar-refractivity contribution >= 4 is 12.2 Å². The third-order valence-electron chi connectivity index (χ3n) is 2.85. The summed E-state index contributed by atoms with van der Waals surface area (Å²) in [6.45, 7) is 4.59. The Morgan fingerprint density at radius 2 is 2.16 bits per heavy atom. The first-order valence-electron chi connectivity index (χ1n) is 5.94. The monoisotopic (exact) mass is 260 g/mol. The predicted octanol–water partition coefficient (Wildman–Crippen LogP) is 2.43. The van der Waals surface area contributed by atoms with Crippen LogP contribution in [0.1, 0.15) is 29.8 Å². The van der Waals surface area contributed by atoms with E-state index in [1.807, 2.05) is 18.5 Å². The van der Waals surface area contributed by atoms with Crippen molar-refractivity contribution < 1.29 is 15.0 Å². The zero-order chi connectivity index (χ0) is 14.0. The lowest BCUT2D eigenvalue weighted by Crippen LogP contribution is -2.21. The number of benzene rings is 1. The fourth-order valence-electron chi connectivity index (χ4n) is 1.72. The molecular formula is C14H16N2O3. The summed E-state index contributed by atoms with van der Waals surface area (Å²) in [5.74, 6) is -1.36. The zero-order valence-electron chi connectivity index (χ0n) is 10.9. The van der Waals surface area contributed by atoms with Crippen LogP contribution in [0.4, 0.5) is 0 Å². The van der Waals surface area contributed by atoms with E-state index < -0.39 is 5.97 Å². The van der Waals surface area contributed by atoms with Crippen molar-refractivity contribution in [2.75, 3.05) is 0 Å². The van der Waals surface area contributed by atoms with Crippen molar-refractivity contribution in [3.8, 4) is 5.75 Å². The van der Waals surface area contributed by atoms with Crippen LogP contribution < -0.4 is 0 Å². The molecule has 0 radical (unpaired) electrons. The van der Waals surface area contributed by atoms with Gasteiger partial charge in [0.1, 0.15) is 11.3 Å². The number of hydrogen-bond donors (Lipinski definition) is 2. The summed E-state index contributed by atoms with van der Waals surface area (Å²) in [5, 5.41) is 24.5. The van der Waals surface area contributed by atoms with Gasteiger partial charge in [-0.15, -0.1) is 0 Å². The largest absolute Gasteiger partial charge is 0.507 e. The van der Waals surface area contributed by atoms with E-state index in [4.69, 9.17) is 5.11 Å². The quantitative estimate of drug-likeness (QED) is 0.875. The number of carbonyl (C=O) groups is 1. The summed E-state index contributed by atoms with van der Waals surface area (Å²) >= 11 is 0. The number of allylic oxidation sites excluding steroid dienone is 1. The Hall–Kier alpha value is -2.30. The normalized spacial score (nSPS) is 16.6. The molecule has 5 nitrogen and oxygen atoms in total. The maximum Gasteiger partial charge on any atom is 0.339 e. The van der Waals surface area contributed by atoms with Crippen LogP contribution in [0.5, 0.6) is 5.75 Å². The number of aromatic carboxylic acids is 1. The van der Waals surface area contributed by atoms with Gasteiger partial charge in [-0.1, -0.05) is 26.0 Å². The van der Waals surface area contributed by atoms with Crippen LogP contribution >= 0.6 is 0 Å². The Balaban J connectivity index is 2.11. The number of nitrogens with zero attached hydrogens (tertiary/aromatic N) is 2. The van der Waals surface area contributed by atoms with Crippen molar-refractivity contribution in [2.24, 2.45) is 10.5 Å². The number of aromatic hydroxyl groups is 1. The van der Waals surface area contributed by atoms with Gasteiger partial charge >= 0.3 is 5.97 Å². The molecule has 0 fully saturated rings. The first-order chi connectivity index (χ1) is 8.87. The number of hydrogen-bond acceptors (Lipinski definition) is 4. The van der Waals surface area contributed by atoms with Crippen LogP contribution in [-0.4, -0.2) is 27.4 Å². The van der Waals surface area contributed by atoms with Gasteiger partial charge in [0.2, 0.25) is 0 Å². The summed E-state index contributed by atoms with van der Waals surface area (Å²) < 4.78 is 0. The number of carboxylic acid groups (broad SMARTS) is 1. The van der Waals surface area contributed by atoms with Crippen LogP contribution in [0.25, 0.3) is 0 Å². The second-order valence-electron chi connectivity index (χ2n) is 5.14. The molecule has 1 aromatic carbocycles. The number of hydrazone groups is 1. The Labute approximate surface area is 111 Å². The third kappa shape index (κ3) is 3.13. The fourth-order valence-corrected chi connectivity index (χ4v) is 1.72. The smallest absolute Gasteiger partial charge is 0.339 e. The van der Waals surface area contributed by atoms with Gasteiger partial charge in [-0.05, 0) is 17.7 Å². The summed E-state index contributed by atoms with van der Waals surface area (Å²) in [7, 11) is 0. The molecule has 1 aromatic rings. The van der Waals surface area contributed by atoms with E-state index in [-0.39, 0.29) is 16.7 Å². The van der Waals surface area contributed by atoms with Gasteiger partial charge < -0.3 is 10.2 Å². The van der Waals surface area contributed by atoms with E-state index in [2.05, 4.69) is 18.9 Å². The van der Waals surface area contributed by atoms with Gasteiger partial charge in [0.25, 0.3) is 0 Å². The fraction of sp³-hybridized carbons (Fsp3) is 0.286. The van der Waals surface area contributed by atoms with Crippen LogP contribution in [0.2, 0.25) is 0 Å². The van der Waals surface area contributed by atoms with E-state index in [1.54, 1.807) is 11.1 Å². The molecule has 19 heavy (non-hydrogen) atoms. The van der Waals surface area contributed by atoms with Crippen molar-refractivity contribution in [3.63, 3.8) is 0 Å². The summed E-state index contributed by atoms with van der Waals surface area (Å²) in [5.41, 5.74) is 0.651. The van der Waals surface area contributed by atoms with Crippen molar-refractivity contribution in [2.45, 2.75) is 20.4 Å². The van der Waals surface area contributed by atoms with Crippen LogP contribution in [0.3, 0.4) is 0 Å². The average Bonchev–Trinajstić information content (AvgIpc) is 2.31. The standard InChI is InChI=1S/C14H16N2O3/c1-14(2)5-6-16(15-9-14)8-10-3-4-11(13(18)19)12(17)7-10/h3-7,9,17H,8H2,1-2H3,(H,18,19). The minimum Gasteiger partial charge on any atom is -0.507 e. The van der Waals surface area contributed by atoms with E-state index in [9.17, 15) is 9.90 Å². The van der Waals surface area contributed by atoms with E-state index in [1.165, 1.54) is 12.1 Å². The second-order valence-corrected chi connectivity index (χ2v) is 5.14. The summed E-state index contributed by atoms with van der Waals surface area (Å²) in [6, 6.07) is 4.52. The number of phenols is 1. The molecule has 5 heteroatoms. The molecule has 0 unspecified atom stereocenters. The molecule has 0 bridgehead atoms. The Morgan fingerprint density at radius 3 is 2.68 bits per heavy atom. The topological polar surface area (TPSA) is 73.1 Å². The van der Waals surface area contributed by atoms with E-state index in [0.717, 1.165) is 5.56 Å². The van der Waals surface area contributed by atoms with E-state index >= 15 is 0 Å². The zero-order valence-corrected chi connectivity index (χ0v) is 10.9. The van der Waals surface area contributed by atoms with Gasteiger partial charge in [0.05, 0.1) is 6.54 Å². The van der Waals surface area contributed by atoms with Crippen molar-refractivity contribution in [1.29, 1.82) is 0 Å². The Bertz CT molecular complexity index is 546. The molecule has 2 N–H and O–H groups in total. The molecule has 0 spiro atoms. The molecule has 0 aliphatic carbocycles. The van der Waals surface area contributed by atoms with Crippen LogP contribution in [0.15, 0.2) is 35.6 Å². The highest BCUT2D eigenvalue weighted by atomic mass is 16.4. The molecule has 100 valence electrons. The highest BCUT2D eigenvalue weighted by Gasteiger charge is 2.16. The molecule has 1 aliphatic heterocycles. The van der Waals surface area contributed by atoms with Crippen LogP contribution in [-0.2, 0) is 6.54 Å². The highest BCUT2D eigenvalue weighted by molar-refractivity contribution is 5.90. The number of rotatable bonds is 3. The molecule has 1 aliphatic rings. The minimum absolute atomic E-state index is 0.0498. The third-order valence-corrected chi connectivity index (χ3v) is 2.85. The van der Waals surface area contributed by atoms with Crippen molar-refractivity contribution in [1.82, 2.24) is 5.01 Å². The molecule has 0 atom stereocenters. The first-order valence-corrected chi connectivity index (χ1v) is 5.94. The molecule has 1 heterocycles. The maximum atomic E-state index is 10.8. The predicted molar refractivity (Wildman–Crippen MR) is 72.0 cm³/mol. The molecule has 0 saturated carbocycles. The molecule has 0 saturated heterocycles. The van der Waals surface area contributed by atoms with Crippen LogP contribution in [0, 0.1) is 5.41 Å². The van der Waals surface area contributed by atoms with Gasteiger partial charge in [-0.2, -0.15) is 5.10 Å². The second kappa shape index (κ2) is 4.76. The minimum atomic E-state index is -1.14. The number of carboxylic acids is 1. The molecule has 2 rings (SSSR count). The molecular weight excluding hydrogens is 244 g/mol. The van der Waals surface area contributed by atoms with Gasteiger partial charge in [0, 0.05) is 17.8 Å². The lowest BCUT2D eigenvalue weighted by Gasteiger charge is -2.24. The average molecular weight is 260 g/mol. The highest BCUT2D eigenvalue weighted by Crippen LogP contribution is 2.22. The van der Waals surface area contributed by atoms with E-state index in [0.29, 0.717) is 6.54 Å². The summed E-state index contributed by atoms with van der Waals surface area (Å²) in [6.07, 6.45) is 5.76. The first kappa shape index (κ1) is 13.1. The SMILES string of the molecule is CC1(C)C=CN(Cc2ccc(C(=O)O)c(O)c2)N=C1. The molecule has 0 amide bonds. The molecule has 0 aromatic heterocycles. The van der Waals surface area contributed by atoms with Gasteiger partial charge in [-0.25, -0.2) is 4.79 Å². The Kier molecular flexibility index (Phi) is 3.29. The maximum absolute atomic E-state index is 10.8. The van der Waals surface area contributed by atoms with Gasteiger partial charge in [-0.3, -0.25) is 5.01 Å².